The summed E-state index contributed by atoms with van der Waals surface area (Å²) in [6, 6.07) is 13.3. The van der Waals surface area contributed by atoms with Crippen LogP contribution in [-0.4, -0.2) is 50.7 Å². The maximum Gasteiger partial charge on any atom is 0.269 e. The fourth-order valence-electron chi connectivity index (χ4n) is 4.33. The quantitative estimate of drug-likeness (QED) is 0.697. The molecule has 1 N–H and O–H groups in total. The van der Waals surface area contributed by atoms with E-state index in [1.54, 1.807) is 20.2 Å². The smallest absolute Gasteiger partial charge is 0.269 e. The van der Waals surface area contributed by atoms with Gasteiger partial charge in [0.15, 0.2) is 5.78 Å². The molecular formula is C23H26N2O4. The van der Waals surface area contributed by atoms with Gasteiger partial charge < -0.3 is 14.8 Å². The highest BCUT2D eigenvalue weighted by atomic mass is 16.5. The summed E-state index contributed by atoms with van der Waals surface area (Å²) in [6.07, 6.45) is 0.496. The normalized spacial score (nSPS) is 23.3. The number of rotatable bonds is 8. The number of hydrogen-bond acceptors (Lipinski definition) is 5. The molecule has 2 fully saturated rings. The van der Waals surface area contributed by atoms with E-state index in [0.29, 0.717) is 42.0 Å². The number of nitrogens with zero attached hydrogens (tertiary/aromatic N) is 1. The summed E-state index contributed by atoms with van der Waals surface area (Å²) in [6.45, 7) is 1.93. The van der Waals surface area contributed by atoms with E-state index in [-0.39, 0.29) is 23.3 Å². The van der Waals surface area contributed by atoms with Gasteiger partial charge in [-0.3, -0.25) is 9.59 Å². The molecule has 0 bridgehead atoms. The molecule has 1 saturated carbocycles. The second-order valence-electron chi connectivity index (χ2n) is 7.82. The molecule has 6 nitrogen and oxygen atoms in total. The van der Waals surface area contributed by atoms with E-state index >= 15 is 0 Å². The van der Waals surface area contributed by atoms with Gasteiger partial charge in [0.1, 0.15) is 5.69 Å². The van der Waals surface area contributed by atoms with Crippen molar-refractivity contribution in [2.24, 2.45) is 17.8 Å². The predicted molar refractivity (Wildman–Crippen MR) is 108 cm³/mol. The molecule has 29 heavy (non-hydrogen) atoms. The standard InChI is InChI=1S/C23H26N2O4/c1-24-23(27)21-9-15(22(26)10-16-18-12-29-13-19(16)18)8-20(25-21)17(11-28-2)14-6-4-3-5-7-14/h3-9,16-19H,10-13H2,1-2H3,(H,24,27)/t16?,17?,18-,19+. The van der Waals surface area contributed by atoms with Gasteiger partial charge in [0.25, 0.3) is 5.91 Å². The van der Waals surface area contributed by atoms with Crippen LogP contribution >= 0.6 is 0 Å². The second kappa shape index (κ2) is 8.43. The van der Waals surface area contributed by atoms with E-state index in [4.69, 9.17) is 9.47 Å². The van der Waals surface area contributed by atoms with Crippen molar-refractivity contribution in [3.8, 4) is 0 Å². The van der Waals surface area contributed by atoms with Gasteiger partial charge in [0, 0.05) is 32.1 Å². The molecule has 152 valence electrons. The molecular weight excluding hydrogens is 368 g/mol. The van der Waals surface area contributed by atoms with E-state index in [1.165, 1.54) is 0 Å². The van der Waals surface area contributed by atoms with Crippen LogP contribution in [-0.2, 0) is 9.47 Å². The number of carbonyl (C=O) groups is 2. The number of benzene rings is 1. The lowest BCUT2D eigenvalue weighted by Crippen LogP contribution is -2.22. The number of pyridine rings is 1. The Labute approximate surface area is 170 Å². The summed E-state index contributed by atoms with van der Waals surface area (Å²) in [7, 11) is 3.20. The fourth-order valence-corrected chi connectivity index (χ4v) is 4.33. The minimum Gasteiger partial charge on any atom is -0.384 e. The molecule has 1 saturated heterocycles. The molecule has 2 aliphatic rings. The van der Waals surface area contributed by atoms with Gasteiger partial charge in [-0.15, -0.1) is 0 Å². The molecule has 0 spiro atoms. The molecule has 0 radical (unpaired) electrons. The van der Waals surface area contributed by atoms with Crippen molar-refractivity contribution in [3.63, 3.8) is 0 Å². The van der Waals surface area contributed by atoms with Crippen molar-refractivity contribution in [1.29, 1.82) is 0 Å². The summed E-state index contributed by atoms with van der Waals surface area (Å²) < 4.78 is 10.9. The third kappa shape index (κ3) is 4.09. The van der Waals surface area contributed by atoms with Crippen LogP contribution in [0.2, 0.25) is 0 Å². The molecule has 2 unspecified atom stereocenters. The van der Waals surface area contributed by atoms with E-state index in [1.807, 2.05) is 36.4 Å². The van der Waals surface area contributed by atoms with Crippen molar-refractivity contribution < 1.29 is 19.1 Å². The Bertz CT molecular complexity index is 889. The Kier molecular flexibility index (Phi) is 5.74. The van der Waals surface area contributed by atoms with Crippen LogP contribution in [0.4, 0.5) is 0 Å². The number of hydrogen-bond donors (Lipinski definition) is 1. The number of ether oxygens (including phenoxy) is 2. The van der Waals surface area contributed by atoms with Crippen molar-refractivity contribution in [2.45, 2.75) is 12.3 Å². The van der Waals surface area contributed by atoms with Gasteiger partial charge in [-0.25, -0.2) is 4.98 Å². The lowest BCUT2D eigenvalue weighted by molar-refractivity contribution is 0.0950. The van der Waals surface area contributed by atoms with Crippen molar-refractivity contribution in [1.82, 2.24) is 10.3 Å². The van der Waals surface area contributed by atoms with Crippen molar-refractivity contribution in [3.05, 3.63) is 65.0 Å². The number of methoxy groups -OCH3 is 1. The second-order valence-corrected chi connectivity index (χ2v) is 7.82. The van der Waals surface area contributed by atoms with Crippen LogP contribution in [0.3, 0.4) is 0 Å². The zero-order valence-corrected chi connectivity index (χ0v) is 16.8. The van der Waals surface area contributed by atoms with E-state index < -0.39 is 0 Å². The van der Waals surface area contributed by atoms with Crippen molar-refractivity contribution in [2.75, 3.05) is 34.0 Å². The molecule has 4 rings (SSSR count). The first-order chi connectivity index (χ1) is 14.1. The molecule has 1 aliphatic heterocycles. The highest BCUT2D eigenvalue weighted by Crippen LogP contribution is 2.53. The third-order valence-corrected chi connectivity index (χ3v) is 6.07. The first-order valence-corrected chi connectivity index (χ1v) is 10.0. The summed E-state index contributed by atoms with van der Waals surface area (Å²) in [4.78, 5) is 29.9. The monoisotopic (exact) mass is 394 g/mol. The van der Waals surface area contributed by atoms with Gasteiger partial charge in [0.05, 0.1) is 25.5 Å². The van der Waals surface area contributed by atoms with Gasteiger partial charge in [-0.05, 0) is 35.4 Å². The molecule has 2 heterocycles. The van der Waals surface area contributed by atoms with Crippen LogP contribution in [0.15, 0.2) is 42.5 Å². The Morgan fingerprint density at radius 2 is 1.93 bits per heavy atom. The van der Waals surface area contributed by atoms with E-state index in [0.717, 1.165) is 18.8 Å². The Morgan fingerprint density at radius 1 is 1.21 bits per heavy atom. The lowest BCUT2D eigenvalue weighted by Gasteiger charge is -2.18. The summed E-state index contributed by atoms with van der Waals surface area (Å²) >= 11 is 0. The van der Waals surface area contributed by atoms with Crippen LogP contribution in [0, 0.1) is 17.8 Å². The fraction of sp³-hybridized carbons (Fsp3) is 0.435. The van der Waals surface area contributed by atoms with E-state index in [2.05, 4.69) is 10.3 Å². The summed E-state index contributed by atoms with van der Waals surface area (Å²) in [5.41, 5.74) is 2.49. The molecule has 1 aliphatic carbocycles. The molecule has 4 atom stereocenters. The van der Waals surface area contributed by atoms with Crippen LogP contribution in [0.1, 0.15) is 44.4 Å². The minimum absolute atomic E-state index is 0.0578. The number of ketones is 1. The van der Waals surface area contributed by atoms with Gasteiger partial charge >= 0.3 is 0 Å². The lowest BCUT2D eigenvalue weighted by atomic mass is 9.93. The Morgan fingerprint density at radius 3 is 2.59 bits per heavy atom. The average Bonchev–Trinajstić information content (AvgIpc) is 3.17. The van der Waals surface area contributed by atoms with Gasteiger partial charge in [0.2, 0.25) is 0 Å². The summed E-state index contributed by atoms with van der Waals surface area (Å²) in [5, 5.41) is 2.61. The number of Topliss-reactive ketones (excluding diaryl/α,β-unsaturated/α-hetero) is 1. The molecule has 1 aromatic heterocycles. The number of amides is 1. The maximum atomic E-state index is 13.0. The molecule has 2 aromatic rings. The van der Waals surface area contributed by atoms with E-state index in [9.17, 15) is 9.59 Å². The SMILES string of the molecule is CNC(=O)c1cc(C(=O)CC2[C@H]3COC[C@@H]23)cc(C(COC)c2ccccc2)n1. The third-order valence-electron chi connectivity index (χ3n) is 6.07. The van der Waals surface area contributed by atoms with Crippen LogP contribution in [0.5, 0.6) is 0 Å². The van der Waals surface area contributed by atoms with Crippen LogP contribution in [0.25, 0.3) is 0 Å². The van der Waals surface area contributed by atoms with Crippen molar-refractivity contribution >= 4 is 11.7 Å². The van der Waals surface area contributed by atoms with Gasteiger partial charge in [-0.2, -0.15) is 0 Å². The molecule has 1 aromatic carbocycles. The zero-order chi connectivity index (χ0) is 20.4. The largest absolute Gasteiger partial charge is 0.384 e. The molecule has 1 amide bonds. The first-order valence-electron chi connectivity index (χ1n) is 10.0. The minimum atomic E-state index is -0.304. The number of aromatic nitrogens is 1. The topological polar surface area (TPSA) is 77.5 Å². The molecule has 6 heteroatoms. The van der Waals surface area contributed by atoms with Crippen LogP contribution < -0.4 is 5.32 Å². The Hall–Kier alpha value is -2.57. The number of nitrogens with one attached hydrogen (secondary N) is 1. The average molecular weight is 394 g/mol. The highest BCUT2D eigenvalue weighted by Gasteiger charge is 2.54. The highest BCUT2D eigenvalue weighted by molar-refractivity contribution is 6.00. The summed E-state index contributed by atoms with van der Waals surface area (Å²) in [5.74, 6) is 1.03. The Balaban J connectivity index is 1.66. The number of carbonyl (C=O) groups excluding carboxylic acids is 2. The first kappa shape index (κ1) is 19.7. The number of fused-ring (bicyclic) bond motifs is 1. The maximum absolute atomic E-state index is 13.0. The zero-order valence-electron chi connectivity index (χ0n) is 16.8. The van der Waals surface area contributed by atoms with Gasteiger partial charge in [-0.1, -0.05) is 30.3 Å². The predicted octanol–water partition coefficient (Wildman–Crippen LogP) is 2.68.